The highest BCUT2D eigenvalue weighted by Crippen LogP contribution is 2.18. The van der Waals surface area contributed by atoms with Gasteiger partial charge in [-0.3, -0.25) is 4.79 Å². The number of amides is 1. The number of thiophene rings is 1. The van der Waals surface area contributed by atoms with E-state index in [4.69, 9.17) is 0 Å². The van der Waals surface area contributed by atoms with Crippen LogP contribution in [-0.2, 0) is 0 Å². The SMILES string of the molecule is CCCC=Cc1ccc(C(=O)NCC)s1. The minimum absolute atomic E-state index is 0.0256. The van der Waals surface area contributed by atoms with Crippen molar-refractivity contribution in [1.29, 1.82) is 0 Å². The summed E-state index contributed by atoms with van der Waals surface area (Å²) in [5, 5.41) is 2.79. The normalized spacial score (nSPS) is 10.8. The molecule has 3 heteroatoms. The van der Waals surface area contributed by atoms with Crippen LogP contribution >= 0.6 is 11.3 Å². The topological polar surface area (TPSA) is 29.1 Å². The fourth-order valence-electron chi connectivity index (χ4n) is 1.18. The molecule has 2 nitrogen and oxygen atoms in total. The van der Waals surface area contributed by atoms with Gasteiger partial charge in [0.2, 0.25) is 0 Å². The Balaban J connectivity index is 2.59. The van der Waals surface area contributed by atoms with Gasteiger partial charge in [-0.1, -0.05) is 19.4 Å². The van der Waals surface area contributed by atoms with Gasteiger partial charge in [0.15, 0.2) is 0 Å². The molecule has 1 N–H and O–H groups in total. The molecule has 0 radical (unpaired) electrons. The van der Waals surface area contributed by atoms with Crippen molar-refractivity contribution in [3.8, 4) is 0 Å². The Morgan fingerprint density at radius 3 is 2.93 bits per heavy atom. The molecular formula is C12H17NOS. The van der Waals surface area contributed by atoms with E-state index in [9.17, 15) is 4.79 Å². The van der Waals surface area contributed by atoms with E-state index in [-0.39, 0.29) is 5.91 Å². The van der Waals surface area contributed by atoms with Crippen LogP contribution in [0.4, 0.5) is 0 Å². The van der Waals surface area contributed by atoms with Gasteiger partial charge >= 0.3 is 0 Å². The van der Waals surface area contributed by atoms with Crippen LogP contribution in [0.2, 0.25) is 0 Å². The van der Waals surface area contributed by atoms with Crippen molar-refractivity contribution < 1.29 is 4.79 Å². The third-order valence-electron chi connectivity index (χ3n) is 1.93. The van der Waals surface area contributed by atoms with Gasteiger partial charge in [-0.2, -0.15) is 0 Å². The molecule has 0 fully saturated rings. The Morgan fingerprint density at radius 2 is 2.27 bits per heavy atom. The van der Waals surface area contributed by atoms with Gasteiger partial charge in [-0.05, 0) is 31.6 Å². The molecule has 15 heavy (non-hydrogen) atoms. The second-order valence-corrected chi connectivity index (χ2v) is 4.37. The lowest BCUT2D eigenvalue weighted by Crippen LogP contribution is -2.21. The van der Waals surface area contributed by atoms with Crippen LogP contribution in [0.5, 0.6) is 0 Å². The van der Waals surface area contributed by atoms with E-state index in [1.54, 1.807) is 0 Å². The average Bonchev–Trinajstić information content (AvgIpc) is 2.67. The fourth-order valence-corrected chi connectivity index (χ4v) is 2.03. The fraction of sp³-hybridized carbons (Fsp3) is 0.417. The second kappa shape index (κ2) is 6.40. The quantitative estimate of drug-likeness (QED) is 0.815. The third kappa shape index (κ3) is 3.88. The molecule has 0 bridgehead atoms. The van der Waals surface area contributed by atoms with Crippen LogP contribution in [-0.4, -0.2) is 12.5 Å². The summed E-state index contributed by atoms with van der Waals surface area (Å²) in [5.41, 5.74) is 0. The molecule has 0 saturated carbocycles. The van der Waals surface area contributed by atoms with Gasteiger partial charge in [0.25, 0.3) is 5.91 Å². The Bertz CT molecular complexity index is 341. The minimum Gasteiger partial charge on any atom is -0.352 e. The highest BCUT2D eigenvalue weighted by atomic mass is 32.1. The molecule has 0 aromatic carbocycles. The minimum atomic E-state index is 0.0256. The summed E-state index contributed by atoms with van der Waals surface area (Å²) in [6.45, 7) is 4.75. The van der Waals surface area contributed by atoms with Crippen molar-refractivity contribution >= 4 is 23.3 Å². The summed E-state index contributed by atoms with van der Waals surface area (Å²) < 4.78 is 0. The van der Waals surface area contributed by atoms with E-state index in [0.29, 0.717) is 6.54 Å². The maximum absolute atomic E-state index is 11.5. The number of hydrogen-bond donors (Lipinski definition) is 1. The lowest BCUT2D eigenvalue weighted by molar-refractivity contribution is 0.0960. The van der Waals surface area contributed by atoms with Gasteiger partial charge in [0.1, 0.15) is 0 Å². The maximum atomic E-state index is 11.5. The Labute approximate surface area is 95.0 Å². The summed E-state index contributed by atoms with van der Waals surface area (Å²) in [5.74, 6) is 0.0256. The van der Waals surface area contributed by atoms with E-state index in [0.717, 1.165) is 22.6 Å². The number of hydrogen-bond acceptors (Lipinski definition) is 2. The van der Waals surface area contributed by atoms with Crippen LogP contribution in [0, 0.1) is 0 Å². The Hall–Kier alpha value is -1.09. The number of nitrogens with one attached hydrogen (secondary N) is 1. The van der Waals surface area contributed by atoms with Gasteiger partial charge in [0, 0.05) is 11.4 Å². The smallest absolute Gasteiger partial charge is 0.261 e. The first-order valence-electron chi connectivity index (χ1n) is 5.32. The molecule has 0 aliphatic rings. The highest BCUT2D eigenvalue weighted by Gasteiger charge is 2.05. The highest BCUT2D eigenvalue weighted by molar-refractivity contribution is 7.14. The molecule has 1 rings (SSSR count). The van der Waals surface area contributed by atoms with Crippen LogP contribution in [0.25, 0.3) is 6.08 Å². The molecule has 1 heterocycles. The molecule has 0 atom stereocenters. The first kappa shape index (κ1) is 12.0. The molecule has 0 aliphatic carbocycles. The molecule has 82 valence electrons. The van der Waals surface area contributed by atoms with E-state index in [2.05, 4.69) is 24.4 Å². The van der Waals surface area contributed by atoms with E-state index < -0.39 is 0 Å². The monoisotopic (exact) mass is 223 g/mol. The van der Waals surface area contributed by atoms with Gasteiger partial charge in [-0.15, -0.1) is 11.3 Å². The van der Waals surface area contributed by atoms with Crippen LogP contribution < -0.4 is 5.32 Å². The zero-order valence-electron chi connectivity index (χ0n) is 9.25. The van der Waals surface area contributed by atoms with Crippen LogP contribution in [0.15, 0.2) is 18.2 Å². The first-order chi connectivity index (χ1) is 7.27. The number of rotatable bonds is 5. The molecular weight excluding hydrogens is 206 g/mol. The number of carbonyl (C=O) groups is 1. The van der Waals surface area contributed by atoms with E-state index >= 15 is 0 Å². The van der Waals surface area contributed by atoms with Crippen molar-refractivity contribution in [2.75, 3.05) is 6.54 Å². The van der Waals surface area contributed by atoms with E-state index in [1.807, 2.05) is 19.1 Å². The van der Waals surface area contributed by atoms with Crippen molar-refractivity contribution in [2.24, 2.45) is 0 Å². The molecule has 1 aromatic heterocycles. The predicted octanol–water partition coefficient (Wildman–Crippen LogP) is 3.31. The summed E-state index contributed by atoms with van der Waals surface area (Å²) in [4.78, 5) is 13.4. The Morgan fingerprint density at radius 1 is 1.47 bits per heavy atom. The zero-order chi connectivity index (χ0) is 11.1. The maximum Gasteiger partial charge on any atom is 0.261 e. The van der Waals surface area contributed by atoms with Crippen molar-refractivity contribution in [2.45, 2.75) is 26.7 Å². The molecule has 0 unspecified atom stereocenters. The number of carbonyl (C=O) groups excluding carboxylic acids is 1. The number of allylic oxidation sites excluding steroid dienone is 1. The molecule has 0 saturated heterocycles. The Kier molecular flexibility index (Phi) is 5.12. The van der Waals surface area contributed by atoms with E-state index in [1.165, 1.54) is 11.3 Å². The van der Waals surface area contributed by atoms with Gasteiger partial charge in [0.05, 0.1) is 4.88 Å². The van der Waals surface area contributed by atoms with Crippen LogP contribution in [0.1, 0.15) is 41.2 Å². The average molecular weight is 223 g/mol. The molecule has 1 amide bonds. The standard InChI is InChI=1S/C12H17NOS/c1-3-5-6-7-10-8-9-11(15-10)12(14)13-4-2/h6-9H,3-5H2,1-2H3,(H,13,14). The molecule has 1 aromatic rings. The number of unbranched alkanes of at least 4 members (excludes halogenated alkanes) is 1. The largest absolute Gasteiger partial charge is 0.352 e. The van der Waals surface area contributed by atoms with Gasteiger partial charge in [-0.25, -0.2) is 0 Å². The van der Waals surface area contributed by atoms with Crippen molar-refractivity contribution in [3.63, 3.8) is 0 Å². The second-order valence-electron chi connectivity index (χ2n) is 3.25. The van der Waals surface area contributed by atoms with Crippen molar-refractivity contribution in [1.82, 2.24) is 5.32 Å². The van der Waals surface area contributed by atoms with Crippen molar-refractivity contribution in [3.05, 3.63) is 28.0 Å². The van der Waals surface area contributed by atoms with Crippen LogP contribution in [0.3, 0.4) is 0 Å². The third-order valence-corrected chi connectivity index (χ3v) is 2.97. The summed E-state index contributed by atoms with van der Waals surface area (Å²) >= 11 is 1.53. The lowest BCUT2D eigenvalue weighted by atomic mass is 10.3. The molecule has 0 aliphatic heterocycles. The summed E-state index contributed by atoms with van der Waals surface area (Å²) in [6, 6.07) is 3.86. The zero-order valence-corrected chi connectivity index (χ0v) is 10.1. The first-order valence-corrected chi connectivity index (χ1v) is 6.14. The predicted molar refractivity (Wildman–Crippen MR) is 66.3 cm³/mol. The lowest BCUT2D eigenvalue weighted by Gasteiger charge is -1.96. The summed E-state index contributed by atoms with van der Waals surface area (Å²) in [7, 11) is 0. The van der Waals surface area contributed by atoms with Gasteiger partial charge < -0.3 is 5.32 Å². The molecule has 0 spiro atoms. The summed E-state index contributed by atoms with van der Waals surface area (Å²) in [6.07, 6.45) is 6.48.